The van der Waals surface area contributed by atoms with Gasteiger partial charge in [-0.05, 0) is 36.5 Å². The number of ether oxygens (including phenoxy) is 1. The third-order valence-corrected chi connectivity index (χ3v) is 4.66. The van der Waals surface area contributed by atoms with Crippen LogP contribution in [0.1, 0.15) is 35.7 Å². The first-order valence-electron chi connectivity index (χ1n) is 8.40. The van der Waals surface area contributed by atoms with Crippen LogP contribution in [0.25, 0.3) is 0 Å². The van der Waals surface area contributed by atoms with Crippen LogP contribution in [0.5, 0.6) is 0 Å². The van der Waals surface area contributed by atoms with E-state index in [0.29, 0.717) is 5.92 Å². The van der Waals surface area contributed by atoms with Gasteiger partial charge in [-0.15, -0.1) is 0 Å². The summed E-state index contributed by atoms with van der Waals surface area (Å²) >= 11 is 0. The minimum absolute atomic E-state index is 0.185. The SMILES string of the molecule is C[C@H]1CCCN(C(=O)c2ccc(CN3CCOCC3)cc2)C1. The molecule has 1 aromatic carbocycles. The van der Waals surface area contributed by atoms with Gasteiger partial charge in [0.25, 0.3) is 5.91 Å². The number of carbonyl (C=O) groups is 1. The fourth-order valence-electron chi connectivity index (χ4n) is 3.33. The summed E-state index contributed by atoms with van der Waals surface area (Å²) in [6.45, 7) is 8.60. The minimum atomic E-state index is 0.185. The van der Waals surface area contributed by atoms with E-state index in [1.807, 2.05) is 17.0 Å². The van der Waals surface area contributed by atoms with E-state index in [0.717, 1.165) is 57.9 Å². The molecule has 0 spiro atoms. The van der Waals surface area contributed by atoms with Crippen molar-refractivity contribution in [3.05, 3.63) is 35.4 Å². The number of rotatable bonds is 3. The molecule has 22 heavy (non-hydrogen) atoms. The van der Waals surface area contributed by atoms with Crippen molar-refractivity contribution in [2.24, 2.45) is 5.92 Å². The van der Waals surface area contributed by atoms with Crippen LogP contribution in [0.15, 0.2) is 24.3 Å². The maximum atomic E-state index is 12.5. The molecule has 2 heterocycles. The second-order valence-electron chi connectivity index (χ2n) is 6.58. The Hall–Kier alpha value is -1.39. The first-order chi connectivity index (χ1) is 10.7. The monoisotopic (exact) mass is 302 g/mol. The summed E-state index contributed by atoms with van der Waals surface area (Å²) in [7, 11) is 0. The topological polar surface area (TPSA) is 32.8 Å². The molecule has 2 saturated heterocycles. The van der Waals surface area contributed by atoms with Gasteiger partial charge in [0.2, 0.25) is 0 Å². The molecule has 4 heteroatoms. The maximum Gasteiger partial charge on any atom is 0.253 e. The van der Waals surface area contributed by atoms with Gasteiger partial charge in [-0.3, -0.25) is 9.69 Å². The lowest BCUT2D eigenvalue weighted by atomic mass is 9.99. The minimum Gasteiger partial charge on any atom is -0.379 e. The zero-order chi connectivity index (χ0) is 15.4. The van der Waals surface area contributed by atoms with Crippen LogP contribution >= 0.6 is 0 Å². The number of benzene rings is 1. The zero-order valence-corrected chi connectivity index (χ0v) is 13.5. The van der Waals surface area contributed by atoms with Crippen molar-refractivity contribution in [1.82, 2.24) is 9.80 Å². The van der Waals surface area contributed by atoms with Crippen molar-refractivity contribution >= 4 is 5.91 Å². The van der Waals surface area contributed by atoms with Crippen LogP contribution in [-0.2, 0) is 11.3 Å². The van der Waals surface area contributed by atoms with Crippen molar-refractivity contribution in [3.63, 3.8) is 0 Å². The molecule has 1 aromatic rings. The molecule has 4 nitrogen and oxygen atoms in total. The first-order valence-corrected chi connectivity index (χ1v) is 8.40. The van der Waals surface area contributed by atoms with E-state index in [9.17, 15) is 4.79 Å². The Morgan fingerprint density at radius 2 is 1.91 bits per heavy atom. The van der Waals surface area contributed by atoms with Crippen molar-refractivity contribution in [2.45, 2.75) is 26.3 Å². The average Bonchev–Trinajstić information content (AvgIpc) is 2.56. The van der Waals surface area contributed by atoms with E-state index in [1.54, 1.807) is 0 Å². The van der Waals surface area contributed by atoms with Crippen LogP contribution < -0.4 is 0 Å². The number of nitrogens with zero attached hydrogens (tertiary/aromatic N) is 2. The van der Waals surface area contributed by atoms with Crippen molar-refractivity contribution in [2.75, 3.05) is 39.4 Å². The van der Waals surface area contributed by atoms with Gasteiger partial charge in [0, 0.05) is 38.3 Å². The van der Waals surface area contributed by atoms with Crippen LogP contribution in [0.2, 0.25) is 0 Å². The summed E-state index contributed by atoms with van der Waals surface area (Å²) in [5, 5.41) is 0. The van der Waals surface area contributed by atoms with Crippen molar-refractivity contribution in [1.29, 1.82) is 0 Å². The average molecular weight is 302 g/mol. The number of morpholine rings is 1. The Morgan fingerprint density at radius 3 is 2.59 bits per heavy atom. The van der Waals surface area contributed by atoms with Gasteiger partial charge in [-0.25, -0.2) is 0 Å². The predicted molar refractivity (Wildman–Crippen MR) is 86.8 cm³/mol. The molecule has 120 valence electrons. The zero-order valence-electron chi connectivity index (χ0n) is 13.5. The smallest absolute Gasteiger partial charge is 0.253 e. The molecule has 0 saturated carbocycles. The van der Waals surface area contributed by atoms with E-state index in [2.05, 4.69) is 24.0 Å². The van der Waals surface area contributed by atoms with E-state index in [4.69, 9.17) is 4.74 Å². The molecule has 2 aliphatic rings. The number of hydrogen-bond donors (Lipinski definition) is 0. The van der Waals surface area contributed by atoms with Crippen LogP contribution in [0.3, 0.4) is 0 Å². The van der Waals surface area contributed by atoms with Gasteiger partial charge in [0.15, 0.2) is 0 Å². The second kappa shape index (κ2) is 7.25. The molecule has 1 atom stereocenters. The maximum absolute atomic E-state index is 12.5. The van der Waals surface area contributed by atoms with Crippen LogP contribution in [0, 0.1) is 5.92 Å². The quantitative estimate of drug-likeness (QED) is 0.859. The molecule has 0 N–H and O–H groups in total. The van der Waals surface area contributed by atoms with Crippen molar-refractivity contribution in [3.8, 4) is 0 Å². The summed E-state index contributed by atoms with van der Waals surface area (Å²) < 4.78 is 5.37. The van der Waals surface area contributed by atoms with Gasteiger partial charge in [-0.1, -0.05) is 19.1 Å². The molecule has 0 aliphatic carbocycles. The lowest BCUT2D eigenvalue weighted by molar-refractivity contribution is 0.0342. The number of amides is 1. The van der Waals surface area contributed by atoms with Gasteiger partial charge >= 0.3 is 0 Å². The van der Waals surface area contributed by atoms with Crippen molar-refractivity contribution < 1.29 is 9.53 Å². The Labute approximate surface area is 133 Å². The third-order valence-electron chi connectivity index (χ3n) is 4.66. The number of hydrogen-bond acceptors (Lipinski definition) is 3. The largest absolute Gasteiger partial charge is 0.379 e. The van der Waals surface area contributed by atoms with E-state index < -0.39 is 0 Å². The predicted octanol–water partition coefficient (Wildman–Crippen LogP) is 2.39. The summed E-state index contributed by atoms with van der Waals surface area (Å²) in [6, 6.07) is 8.15. The fourth-order valence-corrected chi connectivity index (χ4v) is 3.33. The van der Waals surface area contributed by atoms with E-state index >= 15 is 0 Å². The van der Waals surface area contributed by atoms with Gasteiger partial charge in [0.1, 0.15) is 0 Å². The molecule has 2 fully saturated rings. The molecule has 0 radical (unpaired) electrons. The fraction of sp³-hybridized carbons (Fsp3) is 0.611. The highest BCUT2D eigenvalue weighted by atomic mass is 16.5. The molecule has 0 unspecified atom stereocenters. The van der Waals surface area contributed by atoms with Gasteiger partial charge in [0.05, 0.1) is 13.2 Å². The lowest BCUT2D eigenvalue weighted by Gasteiger charge is -2.31. The summed E-state index contributed by atoms with van der Waals surface area (Å²) in [6.07, 6.45) is 2.37. The Bertz CT molecular complexity index is 494. The Balaban J connectivity index is 1.59. The molecular weight excluding hydrogens is 276 g/mol. The summed E-state index contributed by atoms with van der Waals surface area (Å²) in [5.74, 6) is 0.808. The number of piperidine rings is 1. The first kappa shape index (κ1) is 15.5. The second-order valence-corrected chi connectivity index (χ2v) is 6.58. The third kappa shape index (κ3) is 3.87. The Morgan fingerprint density at radius 1 is 1.18 bits per heavy atom. The van der Waals surface area contributed by atoms with Crippen LogP contribution in [0.4, 0.5) is 0 Å². The standard InChI is InChI=1S/C18H26N2O2/c1-15-3-2-8-20(13-15)18(21)17-6-4-16(5-7-17)14-19-9-11-22-12-10-19/h4-7,15H,2-3,8-14H2,1H3/t15-/m0/s1. The highest BCUT2D eigenvalue weighted by Gasteiger charge is 2.22. The highest BCUT2D eigenvalue weighted by molar-refractivity contribution is 5.94. The van der Waals surface area contributed by atoms with E-state index in [-0.39, 0.29) is 5.91 Å². The lowest BCUT2D eigenvalue weighted by Crippen LogP contribution is -2.39. The molecule has 0 bridgehead atoms. The van der Waals surface area contributed by atoms with Gasteiger partial charge < -0.3 is 9.64 Å². The van der Waals surface area contributed by atoms with Gasteiger partial charge in [-0.2, -0.15) is 0 Å². The molecule has 1 amide bonds. The molecule has 0 aromatic heterocycles. The molecule has 3 rings (SSSR count). The molecule has 2 aliphatic heterocycles. The molecular formula is C18H26N2O2. The van der Waals surface area contributed by atoms with E-state index in [1.165, 1.54) is 12.0 Å². The van der Waals surface area contributed by atoms with Crippen LogP contribution in [-0.4, -0.2) is 55.1 Å². The number of carbonyl (C=O) groups excluding carboxylic acids is 1. The Kier molecular flexibility index (Phi) is 5.11. The summed E-state index contributed by atoms with van der Waals surface area (Å²) in [4.78, 5) is 16.9. The number of likely N-dealkylation sites (tertiary alicyclic amines) is 1. The highest BCUT2D eigenvalue weighted by Crippen LogP contribution is 2.18. The summed E-state index contributed by atoms with van der Waals surface area (Å²) in [5.41, 5.74) is 2.09. The normalized spacial score (nSPS) is 23.5.